The second-order valence-electron chi connectivity index (χ2n) is 6.05. The summed E-state index contributed by atoms with van der Waals surface area (Å²) >= 11 is 0. The average Bonchev–Trinajstić information content (AvgIpc) is 2.92. The molecule has 1 aromatic carbocycles. The van der Waals surface area contributed by atoms with Crippen molar-refractivity contribution in [1.82, 2.24) is 5.32 Å². The summed E-state index contributed by atoms with van der Waals surface area (Å²) < 4.78 is 32.8. The highest BCUT2D eigenvalue weighted by molar-refractivity contribution is 7.91. The number of esters is 1. The van der Waals surface area contributed by atoms with E-state index in [1.54, 1.807) is 7.11 Å². The Bertz CT molecular complexity index is 716. The predicted octanol–water partition coefficient (Wildman–Crippen LogP) is 0.722. The van der Waals surface area contributed by atoms with Crippen LogP contribution >= 0.6 is 0 Å². The molecule has 1 fully saturated rings. The quantitative estimate of drug-likeness (QED) is 0.678. The molecular weight excluding hydrogens is 346 g/mol. The monoisotopic (exact) mass is 369 g/mol. The van der Waals surface area contributed by atoms with E-state index in [4.69, 9.17) is 9.47 Å². The van der Waals surface area contributed by atoms with Crippen LogP contribution in [0.4, 0.5) is 0 Å². The largest absolute Gasteiger partial charge is 0.496 e. The normalized spacial score (nSPS) is 18.5. The molecule has 1 aliphatic heterocycles. The molecule has 0 aliphatic carbocycles. The van der Waals surface area contributed by atoms with Gasteiger partial charge in [-0.2, -0.15) is 0 Å². The number of rotatable bonds is 8. The molecule has 8 heteroatoms. The SMILES string of the molecule is COc1ccccc1CCNC(=O)COC(=O)C[C@@H]1CCS(=O)(=O)C1. The number of amides is 1. The minimum atomic E-state index is -3.01. The Balaban J connectivity index is 1.64. The predicted molar refractivity (Wildman–Crippen MR) is 92.0 cm³/mol. The molecule has 138 valence electrons. The molecule has 0 bridgehead atoms. The molecule has 0 radical (unpaired) electrons. The maximum absolute atomic E-state index is 11.7. The van der Waals surface area contributed by atoms with Gasteiger partial charge in [0, 0.05) is 13.0 Å². The first-order valence-corrected chi connectivity index (χ1v) is 9.96. The van der Waals surface area contributed by atoms with E-state index in [2.05, 4.69) is 5.32 Å². The zero-order chi connectivity index (χ0) is 18.3. The molecule has 0 saturated carbocycles. The summed E-state index contributed by atoms with van der Waals surface area (Å²) in [6, 6.07) is 7.53. The molecule has 25 heavy (non-hydrogen) atoms. The standard InChI is InChI=1S/C17H23NO6S/c1-23-15-5-3-2-4-14(15)6-8-18-16(19)11-24-17(20)10-13-7-9-25(21,22)12-13/h2-5,13H,6-12H2,1H3,(H,18,19)/t13-/m0/s1. The fourth-order valence-electron chi connectivity index (χ4n) is 2.77. The number of hydrogen-bond acceptors (Lipinski definition) is 6. The van der Waals surface area contributed by atoms with Crippen molar-refractivity contribution in [2.75, 3.05) is 31.8 Å². The van der Waals surface area contributed by atoms with E-state index < -0.39 is 15.8 Å². The third-order valence-corrected chi connectivity index (χ3v) is 5.89. The molecule has 1 aromatic rings. The van der Waals surface area contributed by atoms with E-state index in [-0.39, 0.29) is 36.4 Å². The van der Waals surface area contributed by atoms with E-state index in [0.29, 0.717) is 19.4 Å². The number of carbonyl (C=O) groups excluding carboxylic acids is 2. The van der Waals surface area contributed by atoms with Crippen LogP contribution in [-0.2, 0) is 30.6 Å². The summed E-state index contributed by atoms with van der Waals surface area (Å²) in [6.07, 6.45) is 1.11. The highest BCUT2D eigenvalue weighted by Crippen LogP contribution is 2.21. The van der Waals surface area contributed by atoms with Gasteiger partial charge in [0.2, 0.25) is 0 Å². The lowest BCUT2D eigenvalue weighted by atomic mass is 10.1. The summed E-state index contributed by atoms with van der Waals surface area (Å²) in [7, 11) is -1.42. The first-order valence-electron chi connectivity index (χ1n) is 8.14. The molecule has 1 aliphatic rings. The zero-order valence-electron chi connectivity index (χ0n) is 14.2. The Morgan fingerprint density at radius 3 is 2.72 bits per heavy atom. The van der Waals surface area contributed by atoms with E-state index in [0.717, 1.165) is 11.3 Å². The van der Waals surface area contributed by atoms with E-state index in [1.165, 1.54) is 0 Å². The Kier molecular flexibility index (Phi) is 6.81. The molecule has 1 saturated heterocycles. The van der Waals surface area contributed by atoms with Crippen molar-refractivity contribution in [3.63, 3.8) is 0 Å². The second-order valence-corrected chi connectivity index (χ2v) is 8.27. The molecule has 0 unspecified atom stereocenters. The minimum Gasteiger partial charge on any atom is -0.496 e. The summed E-state index contributed by atoms with van der Waals surface area (Å²) in [5.41, 5.74) is 0.977. The number of nitrogens with one attached hydrogen (secondary N) is 1. The maximum atomic E-state index is 11.7. The van der Waals surface area contributed by atoms with Gasteiger partial charge in [-0.1, -0.05) is 18.2 Å². The van der Waals surface area contributed by atoms with Crippen LogP contribution in [0.1, 0.15) is 18.4 Å². The number of sulfone groups is 1. The van der Waals surface area contributed by atoms with Crippen molar-refractivity contribution in [1.29, 1.82) is 0 Å². The van der Waals surface area contributed by atoms with Gasteiger partial charge in [0.1, 0.15) is 5.75 Å². The third-order valence-electron chi connectivity index (χ3n) is 4.06. The Morgan fingerprint density at radius 1 is 1.28 bits per heavy atom. The molecule has 1 amide bonds. The highest BCUT2D eigenvalue weighted by atomic mass is 32.2. The molecule has 1 atom stereocenters. The molecule has 7 nitrogen and oxygen atoms in total. The number of hydrogen-bond donors (Lipinski definition) is 1. The van der Waals surface area contributed by atoms with Gasteiger partial charge in [-0.25, -0.2) is 8.42 Å². The molecule has 1 N–H and O–H groups in total. The van der Waals surface area contributed by atoms with E-state index >= 15 is 0 Å². The zero-order valence-corrected chi connectivity index (χ0v) is 15.0. The van der Waals surface area contributed by atoms with Crippen LogP contribution in [0.2, 0.25) is 0 Å². The minimum absolute atomic E-state index is 0.0210. The topological polar surface area (TPSA) is 98.8 Å². The lowest BCUT2D eigenvalue weighted by Gasteiger charge is -2.10. The number of para-hydroxylation sites is 1. The second kappa shape index (κ2) is 8.84. The number of methoxy groups -OCH3 is 1. The van der Waals surface area contributed by atoms with Gasteiger partial charge in [-0.3, -0.25) is 9.59 Å². The van der Waals surface area contributed by atoms with Gasteiger partial charge in [0.15, 0.2) is 16.4 Å². The highest BCUT2D eigenvalue weighted by Gasteiger charge is 2.29. The molecule has 0 aromatic heterocycles. The van der Waals surface area contributed by atoms with Crippen molar-refractivity contribution >= 4 is 21.7 Å². The molecule has 2 rings (SSSR count). The van der Waals surface area contributed by atoms with Crippen LogP contribution in [0.5, 0.6) is 5.75 Å². The Hall–Kier alpha value is -2.09. The van der Waals surface area contributed by atoms with E-state index in [9.17, 15) is 18.0 Å². The van der Waals surface area contributed by atoms with Gasteiger partial charge in [0.25, 0.3) is 5.91 Å². The smallest absolute Gasteiger partial charge is 0.306 e. The first kappa shape index (κ1) is 19.2. The van der Waals surface area contributed by atoms with Gasteiger partial charge in [-0.05, 0) is 30.4 Å². The lowest BCUT2D eigenvalue weighted by Crippen LogP contribution is -2.30. The number of ether oxygens (including phenoxy) is 2. The van der Waals surface area contributed by atoms with Crippen molar-refractivity contribution in [2.24, 2.45) is 5.92 Å². The van der Waals surface area contributed by atoms with E-state index in [1.807, 2.05) is 24.3 Å². The lowest BCUT2D eigenvalue weighted by molar-refractivity contribution is -0.149. The Labute approximate surface area is 147 Å². The van der Waals surface area contributed by atoms with Crippen LogP contribution in [-0.4, -0.2) is 52.1 Å². The summed E-state index contributed by atoms with van der Waals surface area (Å²) in [5, 5.41) is 2.68. The third kappa shape index (κ3) is 6.38. The first-order chi connectivity index (χ1) is 11.9. The van der Waals surface area contributed by atoms with Crippen molar-refractivity contribution in [2.45, 2.75) is 19.3 Å². The molecule has 1 heterocycles. The maximum Gasteiger partial charge on any atom is 0.306 e. The van der Waals surface area contributed by atoms with Gasteiger partial charge in [-0.15, -0.1) is 0 Å². The van der Waals surface area contributed by atoms with Crippen LogP contribution in [0.15, 0.2) is 24.3 Å². The van der Waals surface area contributed by atoms with Crippen LogP contribution < -0.4 is 10.1 Å². The molecular formula is C17H23NO6S. The van der Waals surface area contributed by atoms with Gasteiger partial charge < -0.3 is 14.8 Å². The molecule has 0 spiro atoms. The Morgan fingerprint density at radius 2 is 2.04 bits per heavy atom. The van der Waals surface area contributed by atoms with Gasteiger partial charge in [0.05, 0.1) is 18.6 Å². The van der Waals surface area contributed by atoms with Crippen molar-refractivity contribution < 1.29 is 27.5 Å². The fourth-order valence-corrected chi connectivity index (χ4v) is 4.63. The fraction of sp³-hybridized carbons (Fsp3) is 0.529. The van der Waals surface area contributed by atoms with Crippen LogP contribution in [0, 0.1) is 5.92 Å². The van der Waals surface area contributed by atoms with Crippen molar-refractivity contribution in [3.8, 4) is 5.75 Å². The van der Waals surface area contributed by atoms with Gasteiger partial charge >= 0.3 is 5.97 Å². The summed E-state index contributed by atoms with van der Waals surface area (Å²) in [6.45, 7) is 0.0435. The van der Waals surface area contributed by atoms with Crippen LogP contribution in [0.25, 0.3) is 0 Å². The average molecular weight is 369 g/mol. The summed E-state index contributed by atoms with van der Waals surface area (Å²) in [4.78, 5) is 23.4. The number of carbonyl (C=O) groups is 2. The summed E-state index contributed by atoms with van der Waals surface area (Å²) in [5.74, 6) is -0.230. The van der Waals surface area contributed by atoms with Crippen molar-refractivity contribution in [3.05, 3.63) is 29.8 Å². The van der Waals surface area contributed by atoms with Crippen LogP contribution in [0.3, 0.4) is 0 Å². The number of benzene rings is 1.